The van der Waals surface area contributed by atoms with E-state index in [4.69, 9.17) is 9.84 Å². The number of aliphatic hydroxyl groups excluding tert-OH is 1. The minimum Gasteiger partial charge on any atom is -0.488 e. The summed E-state index contributed by atoms with van der Waals surface area (Å²) in [5, 5.41) is 8.42. The van der Waals surface area contributed by atoms with Crippen molar-refractivity contribution in [1.29, 1.82) is 0 Å². The molecule has 0 aliphatic heterocycles. The Morgan fingerprint density at radius 2 is 2.42 bits per heavy atom. The monoisotopic (exact) mass is 169 g/mol. The first-order valence-electron chi connectivity index (χ1n) is 3.65. The van der Waals surface area contributed by atoms with E-state index in [2.05, 4.69) is 6.07 Å². The SMILES string of the molecule is Cc1[c]cc(OCCO)c(F)c1. The summed E-state index contributed by atoms with van der Waals surface area (Å²) in [7, 11) is 0. The zero-order chi connectivity index (χ0) is 8.97. The fraction of sp³-hybridized carbons (Fsp3) is 0.333. The van der Waals surface area contributed by atoms with Crippen molar-refractivity contribution in [3.63, 3.8) is 0 Å². The van der Waals surface area contributed by atoms with E-state index in [0.717, 1.165) is 5.56 Å². The number of hydrogen-bond acceptors (Lipinski definition) is 2. The van der Waals surface area contributed by atoms with Crippen LogP contribution in [0.25, 0.3) is 0 Å². The lowest BCUT2D eigenvalue weighted by Gasteiger charge is -2.04. The standard InChI is InChI=1S/C9H10FO2/c1-7-2-3-9(8(10)6-7)12-5-4-11/h3,6,11H,4-5H2,1H3. The molecule has 3 heteroatoms. The van der Waals surface area contributed by atoms with Crippen molar-refractivity contribution >= 4 is 0 Å². The Morgan fingerprint density at radius 3 is 3.00 bits per heavy atom. The molecule has 0 bridgehead atoms. The molecule has 0 amide bonds. The summed E-state index contributed by atoms with van der Waals surface area (Å²) < 4.78 is 17.8. The van der Waals surface area contributed by atoms with E-state index >= 15 is 0 Å². The maximum atomic E-state index is 12.9. The quantitative estimate of drug-likeness (QED) is 0.739. The van der Waals surface area contributed by atoms with Gasteiger partial charge < -0.3 is 9.84 Å². The Hall–Kier alpha value is -1.09. The highest BCUT2D eigenvalue weighted by molar-refractivity contribution is 5.27. The lowest BCUT2D eigenvalue weighted by atomic mass is 10.2. The van der Waals surface area contributed by atoms with Gasteiger partial charge in [0.1, 0.15) is 6.61 Å². The van der Waals surface area contributed by atoms with Crippen LogP contribution in [0, 0.1) is 18.8 Å². The Labute approximate surface area is 70.6 Å². The molecule has 0 saturated carbocycles. The lowest BCUT2D eigenvalue weighted by molar-refractivity contribution is 0.196. The third-order valence-electron chi connectivity index (χ3n) is 1.36. The molecule has 0 unspecified atom stereocenters. The van der Waals surface area contributed by atoms with E-state index in [1.165, 1.54) is 12.1 Å². The van der Waals surface area contributed by atoms with Crippen LogP contribution in [0.3, 0.4) is 0 Å². The normalized spacial score (nSPS) is 9.92. The fourth-order valence-corrected chi connectivity index (χ4v) is 0.817. The van der Waals surface area contributed by atoms with Crippen LogP contribution in [-0.2, 0) is 0 Å². The first-order valence-corrected chi connectivity index (χ1v) is 3.65. The van der Waals surface area contributed by atoms with E-state index in [1.54, 1.807) is 6.92 Å². The molecule has 0 aromatic heterocycles. The summed E-state index contributed by atoms with van der Waals surface area (Å²) in [5.74, 6) is -0.283. The van der Waals surface area contributed by atoms with Crippen LogP contribution in [0.1, 0.15) is 5.56 Å². The number of benzene rings is 1. The Balaban J connectivity index is 2.72. The van der Waals surface area contributed by atoms with Gasteiger partial charge in [-0.1, -0.05) is 0 Å². The van der Waals surface area contributed by atoms with E-state index in [-0.39, 0.29) is 19.0 Å². The Morgan fingerprint density at radius 1 is 1.67 bits per heavy atom. The first kappa shape index (κ1) is 9.00. The summed E-state index contributed by atoms with van der Waals surface area (Å²) in [4.78, 5) is 0. The maximum Gasteiger partial charge on any atom is 0.165 e. The predicted octanol–water partition coefficient (Wildman–Crippen LogP) is 1.31. The molecule has 0 spiro atoms. The Bertz CT molecular complexity index is 261. The number of halogens is 1. The van der Waals surface area contributed by atoms with Crippen LogP contribution in [0.2, 0.25) is 0 Å². The average molecular weight is 169 g/mol. The highest BCUT2D eigenvalue weighted by Crippen LogP contribution is 2.16. The van der Waals surface area contributed by atoms with Gasteiger partial charge in [0.05, 0.1) is 6.61 Å². The minimum atomic E-state index is -0.417. The lowest BCUT2D eigenvalue weighted by Crippen LogP contribution is -2.03. The molecule has 1 rings (SSSR count). The number of ether oxygens (including phenoxy) is 1. The van der Waals surface area contributed by atoms with Crippen molar-refractivity contribution in [2.24, 2.45) is 0 Å². The second-order valence-electron chi connectivity index (χ2n) is 2.40. The molecule has 2 nitrogen and oxygen atoms in total. The minimum absolute atomic E-state index is 0.105. The van der Waals surface area contributed by atoms with Crippen molar-refractivity contribution in [1.82, 2.24) is 0 Å². The van der Waals surface area contributed by atoms with Crippen molar-refractivity contribution in [3.8, 4) is 5.75 Å². The molecule has 12 heavy (non-hydrogen) atoms. The average Bonchev–Trinajstić information content (AvgIpc) is 2.03. The number of aryl methyl sites for hydroxylation is 1. The van der Waals surface area contributed by atoms with Crippen molar-refractivity contribution in [3.05, 3.63) is 29.6 Å². The van der Waals surface area contributed by atoms with Crippen LogP contribution in [0.15, 0.2) is 12.1 Å². The van der Waals surface area contributed by atoms with Crippen molar-refractivity contribution < 1.29 is 14.2 Å². The summed E-state index contributed by atoms with van der Waals surface area (Å²) in [6.45, 7) is 1.74. The van der Waals surface area contributed by atoms with E-state index in [1.807, 2.05) is 0 Å². The summed E-state index contributed by atoms with van der Waals surface area (Å²) in [5.41, 5.74) is 0.726. The van der Waals surface area contributed by atoms with Crippen LogP contribution < -0.4 is 4.74 Å². The van der Waals surface area contributed by atoms with E-state index in [0.29, 0.717) is 0 Å². The third-order valence-corrected chi connectivity index (χ3v) is 1.36. The van der Waals surface area contributed by atoms with Gasteiger partial charge in [-0.15, -0.1) is 0 Å². The Kier molecular flexibility index (Phi) is 3.05. The fourth-order valence-electron chi connectivity index (χ4n) is 0.817. The largest absolute Gasteiger partial charge is 0.488 e. The second kappa shape index (κ2) is 4.07. The molecule has 0 fully saturated rings. The molecule has 0 atom stereocenters. The highest BCUT2D eigenvalue weighted by Gasteiger charge is 2.01. The number of hydrogen-bond donors (Lipinski definition) is 1. The van der Waals surface area contributed by atoms with Crippen molar-refractivity contribution in [2.75, 3.05) is 13.2 Å². The van der Waals surface area contributed by atoms with Gasteiger partial charge in [0.15, 0.2) is 11.6 Å². The molecular formula is C9H10FO2. The van der Waals surface area contributed by atoms with Gasteiger partial charge in [-0.2, -0.15) is 0 Å². The zero-order valence-electron chi connectivity index (χ0n) is 6.80. The van der Waals surface area contributed by atoms with Gasteiger partial charge >= 0.3 is 0 Å². The molecule has 65 valence electrons. The van der Waals surface area contributed by atoms with Crippen LogP contribution >= 0.6 is 0 Å². The topological polar surface area (TPSA) is 29.5 Å². The first-order chi connectivity index (χ1) is 5.74. The molecule has 0 saturated heterocycles. The highest BCUT2D eigenvalue weighted by atomic mass is 19.1. The van der Waals surface area contributed by atoms with Gasteiger partial charge in [0.25, 0.3) is 0 Å². The molecular weight excluding hydrogens is 159 g/mol. The van der Waals surface area contributed by atoms with Gasteiger partial charge in [-0.25, -0.2) is 4.39 Å². The molecule has 1 aromatic carbocycles. The van der Waals surface area contributed by atoms with Crippen LogP contribution in [0.5, 0.6) is 5.75 Å². The summed E-state index contributed by atoms with van der Waals surface area (Å²) >= 11 is 0. The van der Waals surface area contributed by atoms with Gasteiger partial charge in [-0.3, -0.25) is 0 Å². The molecule has 0 aliphatic carbocycles. The zero-order valence-corrected chi connectivity index (χ0v) is 6.80. The summed E-state index contributed by atoms with van der Waals surface area (Å²) in [6, 6.07) is 5.57. The van der Waals surface area contributed by atoms with E-state index < -0.39 is 5.82 Å². The molecule has 1 aromatic rings. The molecule has 1 radical (unpaired) electrons. The van der Waals surface area contributed by atoms with Crippen LogP contribution in [0.4, 0.5) is 4.39 Å². The molecule has 0 heterocycles. The van der Waals surface area contributed by atoms with Gasteiger partial charge in [-0.05, 0) is 30.7 Å². The second-order valence-corrected chi connectivity index (χ2v) is 2.40. The van der Waals surface area contributed by atoms with Crippen molar-refractivity contribution in [2.45, 2.75) is 6.92 Å². The predicted molar refractivity (Wildman–Crippen MR) is 42.6 cm³/mol. The molecule has 0 aliphatic rings. The molecule has 1 N–H and O–H groups in total. The smallest absolute Gasteiger partial charge is 0.165 e. The van der Waals surface area contributed by atoms with Gasteiger partial charge in [0, 0.05) is 0 Å². The van der Waals surface area contributed by atoms with Gasteiger partial charge in [0.2, 0.25) is 0 Å². The van der Waals surface area contributed by atoms with Crippen LogP contribution in [-0.4, -0.2) is 18.3 Å². The maximum absolute atomic E-state index is 12.9. The van der Waals surface area contributed by atoms with E-state index in [9.17, 15) is 4.39 Å². The summed E-state index contributed by atoms with van der Waals surface area (Å²) in [6.07, 6.45) is 0. The number of aliphatic hydroxyl groups is 1. The third kappa shape index (κ3) is 2.20. The number of rotatable bonds is 3.